The van der Waals surface area contributed by atoms with Crippen LogP contribution in [0.5, 0.6) is 5.75 Å². The highest BCUT2D eigenvalue weighted by atomic mass is 35.5. The molecule has 0 radical (unpaired) electrons. The third-order valence-electron chi connectivity index (χ3n) is 5.34. The number of ether oxygens (including phenoxy) is 1. The minimum atomic E-state index is -0.329. The van der Waals surface area contributed by atoms with Gasteiger partial charge in [0.1, 0.15) is 18.2 Å². The molecule has 1 N–H and O–H groups in total. The van der Waals surface area contributed by atoms with Crippen LogP contribution in [0.4, 0.5) is 4.39 Å². The van der Waals surface area contributed by atoms with E-state index in [1.165, 1.54) is 12.1 Å². The van der Waals surface area contributed by atoms with Crippen molar-refractivity contribution in [2.75, 3.05) is 13.1 Å². The van der Waals surface area contributed by atoms with E-state index >= 15 is 0 Å². The highest BCUT2D eigenvalue weighted by molar-refractivity contribution is 6.30. The molecule has 1 aliphatic rings. The van der Waals surface area contributed by atoms with E-state index < -0.39 is 0 Å². The van der Waals surface area contributed by atoms with Gasteiger partial charge in [-0.15, -0.1) is 0 Å². The summed E-state index contributed by atoms with van der Waals surface area (Å²) in [6, 6.07) is 15.6. The summed E-state index contributed by atoms with van der Waals surface area (Å²) in [4.78, 5) is 14.5. The first-order valence-corrected chi connectivity index (χ1v) is 10.4. The fourth-order valence-electron chi connectivity index (χ4n) is 3.67. The maximum atomic E-state index is 13.2. The van der Waals surface area contributed by atoms with Crippen LogP contribution in [-0.2, 0) is 17.8 Å². The number of aryl methyl sites for hydroxylation is 1. The van der Waals surface area contributed by atoms with Gasteiger partial charge in [0.05, 0.1) is 11.4 Å². The van der Waals surface area contributed by atoms with Crippen molar-refractivity contribution < 1.29 is 13.9 Å². The first-order valence-electron chi connectivity index (χ1n) is 10.0. The molecule has 0 aliphatic carbocycles. The number of likely N-dealkylation sites (tertiary alicyclic amines) is 1. The summed E-state index contributed by atoms with van der Waals surface area (Å²) in [5, 5.41) is 8.07. The van der Waals surface area contributed by atoms with E-state index in [9.17, 15) is 9.18 Å². The van der Waals surface area contributed by atoms with Crippen LogP contribution in [0, 0.1) is 5.82 Å². The Morgan fingerprint density at radius 2 is 2.07 bits per heavy atom. The van der Waals surface area contributed by atoms with Gasteiger partial charge in [0.25, 0.3) is 0 Å². The summed E-state index contributed by atoms with van der Waals surface area (Å²) < 4.78 is 18.8. The Bertz CT molecular complexity index is 1010. The molecule has 5 nitrogen and oxygen atoms in total. The average Bonchev–Trinajstić information content (AvgIpc) is 3.41. The van der Waals surface area contributed by atoms with Gasteiger partial charge in [0.2, 0.25) is 5.91 Å². The Morgan fingerprint density at radius 1 is 1.23 bits per heavy atom. The monoisotopic (exact) mass is 427 g/mol. The molecule has 2 aromatic carbocycles. The van der Waals surface area contributed by atoms with Crippen molar-refractivity contribution in [2.24, 2.45) is 0 Å². The van der Waals surface area contributed by atoms with Crippen molar-refractivity contribution in [3.8, 4) is 5.75 Å². The second kappa shape index (κ2) is 9.30. The summed E-state index contributed by atoms with van der Waals surface area (Å²) >= 11 is 5.90. The highest BCUT2D eigenvalue weighted by Gasteiger charge is 2.28. The van der Waals surface area contributed by atoms with Gasteiger partial charge in [-0.05, 0) is 48.7 Å². The fraction of sp³-hybridized carbons (Fsp3) is 0.304. The second-order valence-corrected chi connectivity index (χ2v) is 7.95. The van der Waals surface area contributed by atoms with Gasteiger partial charge in [-0.3, -0.25) is 9.89 Å². The largest absolute Gasteiger partial charge is 0.487 e. The quantitative estimate of drug-likeness (QED) is 0.593. The highest BCUT2D eigenvalue weighted by Crippen LogP contribution is 2.27. The van der Waals surface area contributed by atoms with Crippen LogP contribution in [0.2, 0.25) is 5.02 Å². The van der Waals surface area contributed by atoms with Crippen molar-refractivity contribution in [1.82, 2.24) is 15.1 Å². The van der Waals surface area contributed by atoms with Crippen LogP contribution in [0.3, 0.4) is 0 Å². The molecule has 1 aromatic heterocycles. The number of carbonyl (C=O) groups excluding carboxylic acids is 1. The number of hydrogen-bond donors (Lipinski definition) is 1. The number of hydrogen-bond acceptors (Lipinski definition) is 3. The Morgan fingerprint density at radius 3 is 2.87 bits per heavy atom. The maximum Gasteiger partial charge on any atom is 0.222 e. The predicted octanol–water partition coefficient (Wildman–Crippen LogP) is 4.73. The summed E-state index contributed by atoms with van der Waals surface area (Å²) in [6.45, 7) is 1.70. The topological polar surface area (TPSA) is 58.2 Å². The van der Waals surface area contributed by atoms with Crippen LogP contribution in [0.15, 0.2) is 54.6 Å². The molecular weight excluding hydrogens is 405 g/mol. The SMILES string of the molecule is O=C(CCc1ccc(Cl)cc1)N1CC[C@H](c2cc(COc3cccc(F)c3)[nH]n2)C1. The molecule has 1 atom stereocenters. The smallest absolute Gasteiger partial charge is 0.222 e. The lowest BCUT2D eigenvalue weighted by Gasteiger charge is -2.16. The van der Waals surface area contributed by atoms with Crippen LogP contribution in [-0.4, -0.2) is 34.1 Å². The van der Waals surface area contributed by atoms with E-state index in [0.29, 0.717) is 30.2 Å². The number of carbonyl (C=O) groups is 1. The van der Waals surface area contributed by atoms with Crippen LogP contribution in [0.25, 0.3) is 0 Å². The Hall–Kier alpha value is -2.86. The van der Waals surface area contributed by atoms with Crippen molar-refractivity contribution >= 4 is 17.5 Å². The molecule has 4 rings (SSSR count). The number of benzene rings is 2. The lowest BCUT2D eigenvalue weighted by Crippen LogP contribution is -2.28. The number of rotatable bonds is 7. The summed E-state index contributed by atoms with van der Waals surface area (Å²) in [7, 11) is 0. The third-order valence-corrected chi connectivity index (χ3v) is 5.59. The van der Waals surface area contributed by atoms with Gasteiger partial charge in [-0.25, -0.2) is 4.39 Å². The summed E-state index contributed by atoms with van der Waals surface area (Å²) in [6.07, 6.45) is 2.09. The zero-order valence-electron chi connectivity index (χ0n) is 16.5. The van der Waals surface area contributed by atoms with Crippen LogP contribution < -0.4 is 4.74 Å². The summed E-state index contributed by atoms with van der Waals surface area (Å²) in [5.41, 5.74) is 2.86. The van der Waals surface area contributed by atoms with E-state index in [2.05, 4.69) is 10.2 Å². The number of halogens is 2. The van der Waals surface area contributed by atoms with Crippen molar-refractivity contribution in [3.63, 3.8) is 0 Å². The number of aromatic nitrogens is 2. The first-order chi connectivity index (χ1) is 14.6. The molecule has 0 bridgehead atoms. The molecule has 3 aromatic rings. The zero-order valence-corrected chi connectivity index (χ0v) is 17.2. The zero-order chi connectivity index (χ0) is 20.9. The molecular formula is C23H23ClFN3O2. The molecule has 1 amide bonds. The lowest BCUT2D eigenvalue weighted by atomic mass is 10.1. The molecule has 156 valence electrons. The standard InChI is InChI=1S/C23H23ClFN3O2/c24-18-7-4-16(5-8-18)6-9-23(29)28-11-10-17(14-28)22-13-20(26-27-22)15-30-21-3-1-2-19(25)12-21/h1-5,7-8,12-13,17H,6,9-11,14-15H2,(H,26,27)/t17-/m0/s1. The average molecular weight is 428 g/mol. The molecule has 0 spiro atoms. The van der Waals surface area contributed by atoms with Gasteiger partial charge in [0.15, 0.2) is 0 Å². The third kappa shape index (κ3) is 5.19. The second-order valence-electron chi connectivity index (χ2n) is 7.52. The van der Waals surface area contributed by atoms with E-state index in [-0.39, 0.29) is 24.2 Å². The Balaban J connectivity index is 1.26. The molecule has 30 heavy (non-hydrogen) atoms. The van der Waals surface area contributed by atoms with Crippen LogP contribution >= 0.6 is 11.6 Å². The molecule has 7 heteroatoms. The normalized spacial score (nSPS) is 16.1. The summed E-state index contributed by atoms with van der Waals surface area (Å²) in [5.74, 6) is 0.523. The minimum Gasteiger partial charge on any atom is -0.487 e. The molecule has 1 fully saturated rings. The van der Waals surface area contributed by atoms with Crippen molar-refractivity contribution in [2.45, 2.75) is 31.8 Å². The van der Waals surface area contributed by atoms with E-state index in [1.54, 1.807) is 12.1 Å². The number of nitrogens with zero attached hydrogens (tertiary/aromatic N) is 2. The van der Waals surface area contributed by atoms with E-state index in [4.69, 9.17) is 16.3 Å². The van der Waals surface area contributed by atoms with Gasteiger partial charge in [-0.1, -0.05) is 29.8 Å². The fourth-order valence-corrected chi connectivity index (χ4v) is 3.80. The van der Waals surface area contributed by atoms with Gasteiger partial charge in [0, 0.05) is 36.5 Å². The number of amides is 1. The first kappa shape index (κ1) is 20.4. The molecule has 0 saturated carbocycles. The Labute approximate surface area is 179 Å². The number of nitrogens with one attached hydrogen (secondary N) is 1. The van der Waals surface area contributed by atoms with Crippen molar-refractivity contribution in [1.29, 1.82) is 0 Å². The van der Waals surface area contributed by atoms with Gasteiger partial charge < -0.3 is 9.64 Å². The van der Waals surface area contributed by atoms with Gasteiger partial charge >= 0.3 is 0 Å². The minimum absolute atomic E-state index is 0.164. The maximum absolute atomic E-state index is 13.2. The number of aromatic amines is 1. The van der Waals surface area contributed by atoms with E-state index in [0.717, 1.165) is 29.9 Å². The van der Waals surface area contributed by atoms with Gasteiger partial charge in [-0.2, -0.15) is 5.10 Å². The van der Waals surface area contributed by atoms with Crippen molar-refractivity contribution in [3.05, 3.63) is 82.4 Å². The molecule has 1 aliphatic heterocycles. The van der Waals surface area contributed by atoms with E-state index in [1.807, 2.05) is 35.2 Å². The van der Waals surface area contributed by atoms with Crippen LogP contribution in [0.1, 0.15) is 35.7 Å². The molecule has 1 saturated heterocycles. The molecule has 2 heterocycles. The lowest BCUT2D eigenvalue weighted by molar-refractivity contribution is -0.130. The predicted molar refractivity (Wildman–Crippen MR) is 113 cm³/mol. The molecule has 0 unspecified atom stereocenters. The number of H-pyrrole nitrogens is 1. The Kier molecular flexibility index (Phi) is 6.33.